The summed E-state index contributed by atoms with van der Waals surface area (Å²) in [5.74, 6) is -1.23. The standard InChI is InChI=1S/C46H42Cl3NO9S/c1-29(51)56-41-40(53-25-30-15-5-2-6-16-30)38(27-55-45(52)54-26-37-35-23-13-11-21-33(35)34-22-12-14-24-36(34)37)58-43(59-44(50)46(47,48)49)42(41)57-39(31-17-7-3-8-18-31)28-60-32-19-9-4-10-20-32/h2-24,37-43,50H,25-28H2,1H3/t38?,39-,40?,41?,42?,43?/m1/s1. The Hall–Kier alpha value is -4.59. The second-order valence-corrected chi connectivity index (χ2v) is 17.4. The number of carbonyl (C=O) groups is 2. The molecule has 312 valence electrons. The lowest BCUT2D eigenvalue weighted by atomic mass is 9.97. The average molecular weight is 891 g/mol. The molecule has 0 radical (unpaired) electrons. The second-order valence-electron chi connectivity index (χ2n) is 14.0. The molecule has 1 N–H and O–H groups in total. The van der Waals surface area contributed by atoms with Gasteiger partial charge in [-0.25, -0.2) is 4.79 Å². The molecule has 7 rings (SSSR count). The van der Waals surface area contributed by atoms with E-state index in [1.54, 1.807) is 11.8 Å². The molecule has 5 aromatic rings. The summed E-state index contributed by atoms with van der Waals surface area (Å²) in [5, 5.41) is 8.53. The molecular weight excluding hydrogens is 849 g/mol. The van der Waals surface area contributed by atoms with Crippen LogP contribution in [-0.2, 0) is 44.6 Å². The molecule has 6 atom stereocenters. The quantitative estimate of drug-likeness (QED) is 0.0357. The number of alkyl halides is 3. The van der Waals surface area contributed by atoms with Gasteiger partial charge < -0.3 is 33.2 Å². The van der Waals surface area contributed by atoms with Crippen LogP contribution in [0.5, 0.6) is 0 Å². The molecule has 0 saturated carbocycles. The number of rotatable bonds is 15. The van der Waals surface area contributed by atoms with Crippen LogP contribution in [0.2, 0.25) is 0 Å². The normalized spacial score (nSPS) is 20.3. The van der Waals surface area contributed by atoms with Crippen LogP contribution in [0.25, 0.3) is 11.1 Å². The van der Waals surface area contributed by atoms with Gasteiger partial charge in [-0.2, -0.15) is 0 Å². The van der Waals surface area contributed by atoms with E-state index in [1.807, 2.05) is 140 Å². The SMILES string of the molecule is CC(=O)OC1C(OCc2ccccc2)C(COC(=O)OCC2c3ccccc3-c3ccccc32)OC(OC(=N)C(Cl)(Cl)Cl)C1O[C@H](CSc1ccccc1)c1ccccc1. The smallest absolute Gasteiger partial charge is 0.457 e. The second kappa shape index (κ2) is 20.3. The minimum absolute atomic E-state index is 0.0202. The molecule has 5 aromatic carbocycles. The van der Waals surface area contributed by atoms with E-state index in [4.69, 9.17) is 73.4 Å². The molecule has 1 aliphatic carbocycles. The lowest BCUT2D eigenvalue weighted by Gasteiger charge is -2.46. The fraction of sp³-hybridized carbons (Fsp3) is 0.283. The number of carbonyl (C=O) groups excluding carboxylic acids is 2. The molecule has 1 saturated heterocycles. The maximum absolute atomic E-state index is 13.4. The zero-order valence-electron chi connectivity index (χ0n) is 32.4. The zero-order chi connectivity index (χ0) is 42.1. The molecule has 2 aliphatic rings. The highest BCUT2D eigenvalue weighted by Crippen LogP contribution is 2.45. The minimum atomic E-state index is -2.29. The third kappa shape index (κ3) is 11.0. The first-order chi connectivity index (χ1) is 29.0. The number of esters is 1. The van der Waals surface area contributed by atoms with E-state index in [9.17, 15) is 9.59 Å². The van der Waals surface area contributed by atoms with Crippen molar-refractivity contribution in [1.82, 2.24) is 0 Å². The molecule has 1 aliphatic heterocycles. The number of hydrogen-bond acceptors (Lipinski definition) is 11. The van der Waals surface area contributed by atoms with Crippen molar-refractivity contribution in [3.05, 3.63) is 162 Å². The average Bonchev–Trinajstić information content (AvgIpc) is 3.58. The Balaban J connectivity index is 1.17. The molecule has 0 aromatic heterocycles. The number of benzene rings is 5. The molecule has 0 bridgehead atoms. The maximum Gasteiger partial charge on any atom is 0.508 e. The van der Waals surface area contributed by atoms with Gasteiger partial charge in [0.05, 0.1) is 12.7 Å². The molecular formula is C46H42Cl3NO9S. The van der Waals surface area contributed by atoms with E-state index in [0.29, 0.717) is 5.75 Å². The van der Waals surface area contributed by atoms with Gasteiger partial charge in [-0.05, 0) is 45.5 Å². The van der Waals surface area contributed by atoms with E-state index in [0.717, 1.165) is 38.3 Å². The number of thioether (sulfide) groups is 1. The van der Waals surface area contributed by atoms with Crippen LogP contribution in [-0.4, -0.2) is 71.5 Å². The summed E-state index contributed by atoms with van der Waals surface area (Å²) in [7, 11) is 0. The molecule has 10 nitrogen and oxygen atoms in total. The number of ether oxygens (including phenoxy) is 7. The molecule has 14 heteroatoms. The Morgan fingerprint density at radius 2 is 1.28 bits per heavy atom. The largest absolute Gasteiger partial charge is 0.508 e. The fourth-order valence-corrected chi connectivity index (χ4v) is 8.37. The van der Waals surface area contributed by atoms with Crippen LogP contribution < -0.4 is 0 Å². The summed E-state index contributed by atoms with van der Waals surface area (Å²) in [6.07, 6.45) is -7.93. The zero-order valence-corrected chi connectivity index (χ0v) is 35.4. The van der Waals surface area contributed by atoms with Crippen LogP contribution >= 0.6 is 46.6 Å². The van der Waals surface area contributed by atoms with Gasteiger partial charge in [-0.3, -0.25) is 10.2 Å². The van der Waals surface area contributed by atoms with Crippen molar-refractivity contribution in [3.8, 4) is 11.1 Å². The Labute approximate surface area is 367 Å². The molecule has 0 amide bonds. The fourth-order valence-electron chi connectivity index (χ4n) is 7.27. The molecule has 1 fully saturated rings. The van der Waals surface area contributed by atoms with Gasteiger partial charge in [0.15, 0.2) is 12.2 Å². The van der Waals surface area contributed by atoms with Crippen molar-refractivity contribution in [3.63, 3.8) is 0 Å². The molecule has 60 heavy (non-hydrogen) atoms. The van der Waals surface area contributed by atoms with E-state index >= 15 is 0 Å². The van der Waals surface area contributed by atoms with Crippen LogP contribution in [0, 0.1) is 5.41 Å². The molecule has 0 spiro atoms. The van der Waals surface area contributed by atoms with Gasteiger partial charge in [0.25, 0.3) is 3.79 Å². The van der Waals surface area contributed by atoms with Gasteiger partial charge in [0, 0.05) is 23.5 Å². The number of fused-ring (bicyclic) bond motifs is 3. The van der Waals surface area contributed by atoms with Crippen molar-refractivity contribution in [2.75, 3.05) is 19.0 Å². The van der Waals surface area contributed by atoms with Gasteiger partial charge in [0.1, 0.15) is 25.4 Å². The minimum Gasteiger partial charge on any atom is -0.457 e. The summed E-state index contributed by atoms with van der Waals surface area (Å²) < 4.78 is 40.9. The van der Waals surface area contributed by atoms with Crippen LogP contribution in [0.3, 0.4) is 0 Å². The first-order valence-corrected chi connectivity index (χ1v) is 21.3. The van der Waals surface area contributed by atoms with E-state index < -0.39 is 65.2 Å². The van der Waals surface area contributed by atoms with Crippen LogP contribution in [0.1, 0.15) is 41.2 Å². The number of halogens is 3. The van der Waals surface area contributed by atoms with Crippen LogP contribution in [0.15, 0.2) is 144 Å². The van der Waals surface area contributed by atoms with Crippen molar-refractivity contribution in [2.24, 2.45) is 0 Å². The predicted molar refractivity (Wildman–Crippen MR) is 231 cm³/mol. The Bertz CT molecular complexity index is 2170. The molecule has 5 unspecified atom stereocenters. The number of nitrogens with one attached hydrogen (secondary N) is 1. The third-order valence-corrected chi connectivity index (χ3v) is 11.6. The number of hydrogen-bond donors (Lipinski definition) is 1. The van der Waals surface area contributed by atoms with E-state index in [-0.39, 0.29) is 19.1 Å². The van der Waals surface area contributed by atoms with Crippen molar-refractivity contribution in [2.45, 2.75) is 64.9 Å². The van der Waals surface area contributed by atoms with Crippen molar-refractivity contribution < 1.29 is 42.7 Å². The van der Waals surface area contributed by atoms with Gasteiger partial charge >= 0.3 is 12.1 Å². The predicted octanol–water partition coefficient (Wildman–Crippen LogP) is 10.5. The lowest BCUT2D eigenvalue weighted by Crippen LogP contribution is -2.63. The topological polar surface area (TPSA) is 123 Å². The van der Waals surface area contributed by atoms with Gasteiger partial charge in [-0.1, -0.05) is 162 Å². The monoisotopic (exact) mass is 889 g/mol. The Kier molecular flexibility index (Phi) is 14.7. The van der Waals surface area contributed by atoms with Gasteiger partial charge in [-0.15, -0.1) is 11.8 Å². The summed E-state index contributed by atoms with van der Waals surface area (Å²) in [4.78, 5) is 27.3. The maximum atomic E-state index is 13.4. The van der Waals surface area contributed by atoms with Gasteiger partial charge in [0.2, 0.25) is 12.2 Å². The van der Waals surface area contributed by atoms with Crippen molar-refractivity contribution in [1.29, 1.82) is 5.41 Å². The first-order valence-electron chi connectivity index (χ1n) is 19.2. The highest BCUT2D eigenvalue weighted by atomic mass is 35.6. The van der Waals surface area contributed by atoms with E-state index in [2.05, 4.69) is 0 Å². The highest BCUT2D eigenvalue weighted by Gasteiger charge is 2.53. The summed E-state index contributed by atoms with van der Waals surface area (Å²) in [6.45, 7) is 0.893. The Morgan fingerprint density at radius 1 is 0.717 bits per heavy atom. The van der Waals surface area contributed by atoms with E-state index in [1.165, 1.54) is 6.92 Å². The van der Waals surface area contributed by atoms with Crippen LogP contribution in [0.4, 0.5) is 4.79 Å². The summed E-state index contributed by atoms with van der Waals surface area (Å²) in [5.41, 5.74) is 5.86. The first kappa shape index (κ1) is 43.5. The molecule has 1 heterocycles. The highest BCUT2D eigenvalue weighted by molar-refractivity contribution is 7.99. The van der Waals surface area contributed by atoms with Crippen molar-refractivity contribution >= 4 is 64.6 Å². The summed E-state index contributed by atoms with van der Waals surface area (Å²) in [6, 6.07) is 44.6. The third-order valence-electron chi connectivity index (χ3n) is 10.0. The lowest BCUT2D eigenvalue weighted by molar-refractivity contribution is -0.309. The summed E-state index contributed by atoms with van der Waals surface area (Å²) >= 11 is 19.9. The Morgan fingerprint density at radius 3 is 1.90 bits per heavy atom.